The van der Waals surface area contributed by atoms with E-state index in [1.807, 2.05) is 27.7 Å². The molecule has 2 unspecified atom stereocenters. The van der Waals surface area contributed by atoms with Crippen molar-refractivity contribution in [3.8, 4) is 0 Å². The Morgan fingerprint density at radius 2 is 1.47 bits per heavy atom. The van der Waals surface area contributed by atoms with Crippen LogP contribution in [0.3, 0.4) is 0 Å². The van der Waals surface area contributed by atoms with Crippen LogP contribution in [0.4, 0.5) is 9.59 Å². The first kappa shape index (κ1) is 17.2. The zero-order chi connectivity index (χ0) is 15.0. The van der Waals surface area contributed by atoms with E-state index in [0.29, 0.717) is 4.90 Å². The first-order valence-electron chi connectivity index (χ1n) is 6.40. The highest BCUT2D eigenvalue weighted by Gasteiger charge is 2.28. The molecule has 0 bridgehead atoms. The van der Waals surface area contributed by atoms with Gasteiger partial charge in [-0.05, 0) is 26.7 Å². The Morgan fingerprint density at radius 3 is 1.74 bits per heavy atom. The van der Waals surface area contributed by atoms with Gasteiger partial charge < -0.3 is 15.4 Å². The summed E-state index contributed by atoms with van der Waals surface area (Å²) in [5, 5.41) is 12.8. The molecule has 0 radical (unpaired) electrons. The summed E-state index contributed by atoms with van der Waals surface area (Å²) in [6.45, 7) is 7.46. The summed E-state index contributed by atoms with van der Waals surface area (Å²) in [5.74, 6) is 0. The van der Waals surface area contributed by atoms with Gasteiger partial charge in [-0.1, -0.05) is 13.8 Å². The Kier molecular flexibility index (Phi) is 7.55. The monoisotopic (exact) mass is 272 g/mol. The first-order valence-corrected chi connectivity index (χ1v) is 6.40. The number of hydrogen-bond donors (Lipinski definition) is 3. The lowest BCUT2D eigenvalue weighted by Gasteiger charge is -2.24. The molecule has 7 nitrogen and oxygen atoms in total. The van der Waals surface area contributed by atoms with Crippen molar-refractivity contribution in [3.63, 3.8) is 0 Å². The maximum absolute atomic E-state index is 12.0. The number of carbonyl (C=O) groups is 2. The van der Waals surface area contributed by atoms with E-state index >= 15 is 0 Å². The molecular formula is C12H24N4O3. The maximum atomic E-state index is 12.0. The van der Waals surface area contributed by atoms with E-state index in [4.69, 9.17) is 5.41 Å². The third kappa shape index (κ3) is 5.58. The lowest BCUT2D eigenvalue weighted by molar-refractivity contribution is 0.190. The van der Waals surface area contributed by atoms with Crippen molar-refractivity contribution >= 4 is 18.1 Å². The van der Waals surface area contributed by atoms with Crippen molar-refractivity contribution in [2.45, 2.75) is 52.6 Å². The average Bonchev–Trinajstić information content (AvgIpc) is 2.37. The number of amides is 4. The number of rotatable bonds is 4. The molecule has 110 valence electrons. The van der Waals surface area contributed by atoms with E-state index < -0.39 is 18.1 Å². The third-order valence-corrected chi connectivity index (χ3v) is 2.77. The van der Waals surface area contributed by atoms with E-state index in [2.05, 4.69) is 15.4 Å². The van der Waals surface area contributed by atoms with E-state index in [-0.39, 0.29) is 12.1 Å². The van der Waals surface area contributed by atoms with Crippen molar-refractivity contribution in [2.24, 2.45) is 0 Å². The van der Waals surface area contributed by atoms with Crippen LogP contribution in [0, 0.1) is 5.41 Å². The summed E-state index contributed by atoms with van der Waals surface area (Å²) in [6, 6.07) is -2.02. The van der Waals surface area contributed by atoms with Gasteiger partial charge in [-0.15, -0.1) is 0 Å². The summed E-state index contributed by atoms with van der Waals surface area (Å²) in [5.41, 5.74) is 0. The predicted molar refractivity (Wildman–Crippen MR) is 73.1 cm³/mol. The fourth-order valence-corrected chi connectivity index (χ4v) is 1.12. The summed E-state index contributed by atoms with van der Waals surface area (Å²) in [6.07, 6.45) is 1.46. The van der Waals surface area contributed by atoms with Crippen molar-refractivity contribution in [3.05, 3.63) is 0 Å². The van der Waals surface area contributed by atoms with Gasteiger partial charge in [-0.2, -0.15) is 4.90 Å². The number of imide groups is 1. The second-order valence-corrected chi connectivity index (χ2v) is 4.36. The number of nitrogens with one attached hydrogen (secondary N) is 3. The molecule has 0 saturated heterocycles. The number of nitrogens with zero attached hydrogens (tertiary/aromatic N) is 1. The average molecular weight is 272 g/mol. The normalized spacial score (nSPS) is 13.1. The number of carbonyl (C=O) groups excluding carboxylic acids is 2. The molecule has 0 aliphatic rings. The molecular weight excluding hydrogens is 248 g/mol. The molecule has 7 heteroatoms. The molecule has 0 aliphatic heterocycles. The van der Waals surface area contributed by atoms with E-state index in [0.717, 1.165) is 12.8 Å². The predicted octanol–water partition coefficient (Wildman–Crippen LogP) is 1.89. The van der Waals surface area contributed by atoms with Gasteiger partial charge in [-0.25, -0.2) is 9.59 Å². The Balaban J connectivity index is 4.85. The zero-order valence-electron chi connectivity index (χ0n) is 12.2. The molecule has 0 fully saturated rings. The maximum Gasteiger partial charge on any atom is 0.334 e. The van der Waals surface area contributed by atoms with Crippen LogP contribution in [-0.4, -0.2) is 42.2 Å². The minimum Gasteiger partial charge on any atom is -0.468 e. The minimum atomic E-state index is -0.665. The summed E-state index contributed by atoms with van der Waals surface area (Å²) < 4.78 is 4.67. The van der Waals surface area contributed by atoms with Gasteiger partial charge in [0, 0.05) is 12.1 Å². The number of methoxy groups -OCH3 is 1. The van der Waals surface area contributed by atoms with Gasteiger partial charge in [0.05, 0.1) is 7.11 Å². The Bertz CT molecular complexity index is 309. The zero-order valence-corrected chi connectivity index (χ0v) is 12.2. The van der Waals surface area contributed by atoms with Gasteiger partial charge in [0.25, 0.3) is 0 Å². The van der Waals surface area contributed by atoms with Crippen molar-refractivity contribution in [1.29, 1.82) is 5.41 Å². The highest BCUT2D eigenvalue weighted by Crippen LogP contribution is 1.99. The van der Waals surface area contributed by atoms with Crippen LogP contribution in [0.2, 0.25) is 0 Å². The number of amidine groups is 1. The molecule has 0 rings (SSSR count). The quantitative estimate of drug-likeness (QED) is 0.538. The third-order valence-electron chi connectivity index (χ3n) is 2.77. The smallest absolute Gasteiger partial charge is 0.334 e. The lowest BCUT2D eigenvalue weighted by Crippen LogP contribution is -2.54. The molecule has 4 amide bonds. The van der Waals surface area contributed by atoms with E-state index in [9.17, 15) is 9.59 Å². The van der Waals surface area contributed by atoms with E-state index in [1.54, 1.807) is 0 Å². The van der Waals surface area contributed by atoms with Crippen LogP contribution in [0.25, 0.3) is 0 Å². The molecule has 0 aliphatic carbocycles. The highest BCUT2D eigenvalue weighted by molar-refractivity contribution is 6.08. The molecule has 0 aromatic carbocycles. The van der Waals surface area contributed by atoms with Gasteiger partial charge in [0.1, 0.15) is 0 Å². The van der Waals surface area contributed by atoms with Crippen molar-refractivity contribution < 1.29 is 14.3 Å². The molecule has 0 aromatic rings. The van der Waals surface area contributed by atoms with Crippen LogP contribution < -0.4 is 10.6 Å². The number of urea groups is 2. The highest BCUT2D eigenvalue weighted by atomic mass is 16.5. The van der Waals surface area contributed by atoms with Crippen LogP contribution in [0.1, 0.15) is 40.5 Å². The first-order chi connectivity index (χ1) is 8.87. The van der Waals surface area contributed by atoms with Crippen LogP contribution in [-0.2, 0) is 4.74 Å². The van der Waals surface area contributed by atoms with Crippen LogP contribution in [0.5, 0.6) is 0 Å². The molecule has 0 aromatic heterocycles. The number of ether oxygens (including phenoxy) is 1. The second-order valence-electron chi connectivity index (χ2n) is 4.36. The lowest BCUT2D eigenvalue weighted by atomic mass is 10.2. The van der Waals surface area contributed by atoms with Gasteiger partial charge in [0.15, 0.2) is 0 Å². The molecule has 0 spiro atoms. The Hall–Kier alpha value is -1.79. The fourth-order valence-electron chi connectivity index (χ4n) is 1.12. The largest absolute Gasteiger partial charge is 0.468 e. The number of hydrogen-bond acceptors (Lipinski definition) is 4. The molecule has 19 heavy (non-hydrogen) atoms. The summed E-state index contributed by atoms with van der Waals surface area (Å²) in [4.78, 5) is 24.6. The van der Waals surface area contributed by atoms with Gasteiger partial charge >= 0.3 is 18.1 Å². The molecule has 0 heterocycles. The summed E-state index contributed by atoms with van der Waals surface area (Å²) >= 11 is 0. The molecule has 0 saturated carbocycles. The van der Waals surface area contributed by atoms with Crippen LogP contribution >= 0.6 is 0 Å². The topological polar surface area (TPSA) is 94.5 Å². The van der Waals surface area contributed by atoms with Gasteiger partial charge in [-0.3, -0.25) is 5.41 Å². The second kappa shape index (κ2) is 8.34. The van der Waals surface area contributed by atoms with Crippen LogP contribution in [0.15, 0.2) is 0 Å². The fraction of sp³-hybridized carbons (Fsp3) is 0.750. The Labute approximate surface area is 114 Å². The van der Waals surface area contributed by atoms with Crippen molar-refractivity contribution in [1.82, 2.24) is 15.5 Å². The SMILES string of the molecule is CCC(C)NC(=O)N(C(=N)OC)C(=O)NC(C)CC. The minimum absolute atomic E-state index is 0.0870. The standard InChI is InChI=1S/C12H24N4O3/c1-6-8(3)14-11(17)16(10(13)19-5)12(18)15-9(4)7-2/h8-9,13H,6-7H2,1-5H3,(H,14,17)(H,15,18). The molecule has 3 N–H and O–H groups in total. The van der Waals surface area contributed by atoms with E-state index in [1.165, 1.54) is 7.11 Å². The molecule has 2 atom stereocenters. The van der Waals surface area contributed by atoms with Gasteiger partial charge in [0.2, 0.25) is 0 Å². The van der Waals surface area contributed by atoms with Crippen molar-refractivity contribution in [2.75, 3.05) is 7.11 Å². The summed E-state index contributed by atoms with van der Waals surface area (Å²) in [7, 11) is 1.24. The Morgan fingerprint density at radius 1 is 1.11 bits per heavy atom.